The van der Waals surface area contributed by atoms with Gasteiger partial charge in [-0.05, 0) is 24.3 Å². The lowest BCUT2D eigenvalue weighted by Gasteiger charge is -2.11. The minimum absolute atomic E-state index is 0.454. The van der Waals surface area contributed by atoms with Gasteiger partial charge in [-0.15, -0.1) is 5.10 Å². The van der Waals surface area contributed by atoms with Gasteiger partial charge in [0.1, 0.15) is 17.2 Å². The molecule has 0 spiro atoms. The largest absolute Gasteiger partial charge is 0.497 e. The maximum atomic E-state index is 5.49. The summed E-state index contributed by atoms with van der Waals surface area (Å²) >= 11 is 0. The molecule has 28 heavy (non-hydrogen) atoms. The van der Waals surface area contributed by atoms with Crippen molar-refractivity contribution in [3.63, 3.8) is 0 Å². The highest BCUT2D eigenvalue weighted by Gasteiger charge is 2.12. The van der Waals surface area contributed by atoms with Gasteiger partial charge in [0.2, 0.25) is 5.95 Å². The van der Waals surface area contributed by atoms with Gasteiger partial charge >= 0.3 is 0 Å². The number of hydrogen-bond donors (Lipinski definition) is 1. The van der Waals surface area contributed by atoms with Gasteiger partial charge in [-0.1, -0.05) is 12.1 Å². The van der Waals surface area contributed by atoms with Gasteiger partial charge in [0, 0.05) is 29.4 Å². The minimum atomic E-state index is 0.454. The normalized spacial score (nSPS) is 10.7. The van der Waals surface area contributed by atoms with E-state index >= 15 is 0 Å². The van der Waals surface area contributed by atoms with E-state index in [0.29, 0.717) is 17.4 Å². The molecule has 0 unspecified atom stereocenters. The molecule has 0 amide bonds. The first-order valence-corrected chi connectivity index (χ1v) is 8.70. The molecule has 4 aromatic rings. The third kappa shape index (κ3) is 3.29. The molecule has 2 heterocycles. The molecule has 142 valence electrons. The van der Waals surface area contributed by atoms with Crippen molar-refractivity contribution in [1.29, 1.82) is 0 Å². The van der Waals surface area contributed by atoms with Crippen LogP contribution in [0.5, 0.6) is 17.2 Å². The van der Waals surface area contributed by atoms with E-state index in [-0.39, 0.29) is 0 Å². The molecule has 0 aliphatic heterocycles. The first-order chi connectivity index (χ1) is 13.7. The van der Waals surface area contributed by atoms with Crippen LogP contribution in [0.1, 0.15) is 0 Å². The van der Waals surface area contributed by atoms with Crippen molar-refractivity contribution >= 4 is 17.2 Å². The van der Waals surface area contributed by atoms with Gasteiger partial charge in [0.05, 0.1) is 38.7 Å². The molecule has 0 aliphatic carbocycles. The Balaban J connectivity index is 1.74. The second kappa shape index (κ2) is 7.48. The summed E-state index contributed by atoms with van der Waals surface area (Å²) in [6.45, 7) is 0. The van der Waals surface area contributed by atoms with E-state index in [4.69, 9.17) is 14.2 Å². The van der Waals surface area contributed by atoms with Crippen molar-refractivity contribution in [2.24, 2.45) is 0 Å². The Kier molecular flexibility index (Phi) is 4.72. The average Bonchev–Trinajstić information content (AvgIpc) is 3.16. The molecule has 0 radical (unpaired) electrons. The Morgan fingerprint density at radius 1 is 0.857 bits per heavy atom. The zero-order valence-electron chi connectivity index (χ0n) is 15.8. The molecule has 0 saturated carbocycles. The minimum Gasteiger partial charge on any atom is -0.497 e. The van der Waals surface area contributed by atoms with Crippen LogP contribution < -0.4 is 19.5 Å². The quantitative estimate of drug-likeness (QED) is 0.545. The zero-order chi connectivity index (χ0) is 19.5. The molecule has 2 aromatic heterocycles. The number of ether oxygens (including phenoxy) is 3. The van der Waals surface area contributed by atoms with Gasteiger partial charge in [0.15, 0.2) is 0 Å². The topological polar surface area (TPSA) is 69.9 Å². The molecule has 0 bridgehead atoms. The summed E-state index contributed by atoms with van der Waals surface area (Å²) in [5.74, 6) is 2.60. The number of para-hydroxylation sites is 1. The van der Waals surface area contributed by atoms with Crippen molar-refractivity contribution < 1.29 is 14.2 Å². The van der Waals surface area contributed by atoms with E-state index in [2.05, 4.69) is 15.4 Å². The summed E-state index contributed by atoms with van der Waals surface area (Å²) in [6.07, 6.45) is 1.77. The Hall–Kier alpha value is -3.74. The third-order valence-electron chi connectivity index (χ3n) is 4.39. The third-order valence-corrected chi connectivity index (χ3v) is 4.39. The van der Waals surface area contributed by atoms with Crippen molar-refractivity contribution in [2.75, 3.05) is 26.6 Å². The Morgan fingerprint density at radius 2 is 1.61 bits per heavy atom. The van der Waals surface area contributed by atoms with Crippen LogP contribution in [-0.2, 0) is 0 Å². The Labute approximate surface area is 162 Å². The van der Waals surface area contributed by atoms with Crippen LogP contribution in [-0.4, -0.2) is 35.9 Å². The molecule has 0 atom stereocenters. The maximum Gasteiger partial charge on any atom is 0.245 e. The fraction of sp³-hybridized carbons (Fsp3) is 0.143. The fourth-order valence-corrected chi connectivity index (χ4v) is 3.03. The summed E-state index contributed by atoms with van der Waals surface area (Å²) in [7, 11) is 4.88. The highest BCUT2D eigenvalue weighted by molar-refractivity contribution is 5.72. The number of aromatic nitrogens is 3. The standard InChI is InChI=1S/C21H20N4O3/c1-26-16-10-14(11-17(12-16)27-2)23-21-22-13-15-8-9-19(25(15)24-21)18-6-4-5-7-20(18)28-3/h4-13H,1-3H3,(H,23,24). The maximum absolute atomic E-state index is 5.49. The van der Waals surface area contributed by atoms with Gasteiger partial charge in [-0.25, -0.2) is 9.50 Å². The molecule has 1 N–H and O–H groups in total. The lowest BCUT2D eigenvalue weighted by atomic mass is 10.1. The Bertz CT molecular complexity index is 1100. The van der Waals surface area contributed by atoms with Gasteiger partial charge < -0.3 is 19.5 Å². The number of rotatable bonds is 6. The lowest BCUT2D eigenvalue weighted by Crippen LogP contribution is -2.03. The van der Waals surface area contributed by atoms with Gasteiger partial charge in [0.25, 0.3) is 0 Å². The van der Waals surface area contributed by atoms with Gasteiger partial charge in [-0.2, -0.15) is 0 Å². The molecular weight excluding hydrogens is 356 g/mol. The monoisotopic (exact) mass is 376 g/mol. The van der Waals surface area contributed by atoms with Crippen LogP contribution in [0.4, 0.5) is 11.6 Å². The lowest BCUT2D eigenvalue weighted by molar-refractivity contribution is 0.395. The van der Waals surface area contributed by atoms with Gasteiger partial charge in [-0.3, -0.25) is 0 Å². The molecule has 0 saturated heterocycles. The van der Waals surface area contributed by atoms with E-state index < -0.39 is 0 Å². The summed E-state index contributed by atoms with van der Waals surface area (Å²) in [6, 6.07) is 17.3. The fourth-order valence-electron chi connectivity index (χ4n) is 3.03. The number of methoxy groups -OCH3 is 3. The van der Waals surface area contributed by atoms with Crippen LogP contribution in [0, 0.1) is 0 Å². The summed E-state index contributed by atoms with van der Waals surface area (Å²) < 4.78 is 18.0. The van der Waals surface area contributed by atoms with Crippen molar-refractivity contribution in [2.45, 2.75) is 0 Å². The van der Waals surface area contributed by atoms with E-state index in [0.717, 1.165) is 28.2 Å². The van der Waals surface area contributed by atoms with E-state index in [9.17, 15) is 0 Å². The van der Waals surface area contributed by atoms with Crippen molar-refractivity contribution in [1.82, 2.24) is 14.6 Å². The van der Waals surface area contributed by atoms with Crippen LogP contribution in [0.25, 0.3) is 16.8 Å². The molecule has 7 nitrogen and oxygen atoms in total. The molecule has 0 aliphatic rings. The number of anilines is 2. The van der Waals surface area contributed by atoms with E-state index in [1.54, 1.807) is 33.6 Å². The molecular formula is C21H20N4O3. The SMILES string of the molecule is COc1cc(Nc2ncc3ccc(-c4ccccc4OC)n3n2)cc(OC)c1. The molecule has 7 heteroatoms. The number of fused-ring (bicyclic) bond motifs is 1. The first-order valence-electron chi connectivity index (χ1n) is 8.70. The summed E-state index contributed by atoms with van der Waals surface area (Å²) in [5, 5.41) is 7.86. The smallest absolute Gasteiger partial charge is 0.245 e. The predicted molar refractivity (Wildman–Crippen MR) is 108 cm³/mol. The average molecular weight is 376 g/mol. The second-order valence-electron chi connectivity index (χ2n) is 6.06. The number of benzene rings is 2. The molecule has 0 fully saturated rings. The van der Waals surface area contributed by atoms with Crippen LogP contribution >= 0.6 is 0 Å². The second-order valence-corrected chi connectivity index (χ2v) is 6.06. The van der Waals surface area contributed by atoms with E-state index in [1.807, 2.05) is 53.0 Å². The van der Waals surface area contributed by atoms with Crippen LogP contribution in [0.2, 0.25) is 0 Å². The number of nitrogens with zero attached hydrogens (tertiary/aromatic N) is 3. The van der Waals surface area contributed by atoms with Crippen molar-refractivity contribution in [3.05, 3.63) is 60.8 Å². The number of nitrogens with one attached hydrogen (secondary N) is 1. The molecule has 4 rings (SSSR count). The van der Waals surface area contributed by atoms with Crippen molar-refractivity contribution in [3.8, 4) is 28.5 Å². The Morgan fingerprint density at radius 3 is 2.32 bits per heavy atom. The summed E-state index contributed by atoms with van der Waals surface area (Å²) in [4.78, 5) is 4.41. The zero-order valence-corrected chi connectivity index (χ0v) is 15.8. The number of hydrogen-bond acceptors (Lipinski definition) is 6. The summed E-state index contributed by atoms with van der Waals surface area (Å²) in [5.41, 5.74) is 3.52. The highest BCUT2D eigenvalue weighted by atomic mass is 16.5. The first kappa shape index (κ1) is 17.7. The predicted octanol–water partition coefficient (Wildman–Crippen LogP) is 4.17. The molecule has 2 aromatic carbocycles. The highest BCUT2D eigenvalue weighted by Crippen LogP contribution is 2.31. The van der Waals surface area contributed by atoms with E-state index in [1.165, 1.54) is 0 Å². The van der Waals surface area contributed by atoms with Crippen LogP contribution in [0.3, 0.4) is 0 Å². The van der Waals surface area contributed by atoms with Crippen LogP contribution in [0.15, 0.2) is 60.8 Å².